The number of hydrogen-bond donors (Lipinski definition) is 1. The number of carbonyl (C=O) groups excluding carboxylic acids is 2. The first kappa shape index (κ1) is 18.3. The van der Waals surface area contributed by atoms with E-state index in [0.717, 1.165) is 12.1 Å². The van der Waals surface area contributed by atoms with E-state index in [1.807, 2.05) is 17.0 Å². The van der Waals surface area contributed by atoms with Crippen LogP contribution in [0.15, 0.2) is 48.5 Å². The lowest BCUT2D eigenvalue weighted by Gasteiger charge is -2.34. The Morgan fingerprint density at radius 1 is 1.15 bits per heavy atom. The molecule has 0 bridgehead atoms. The zero-order chi connectivity index (χ0) is 18.7. The van der Waals surface area contributed by atoms with Crippen molar-refractivity contribution in [3.8, 4) is 0 Å². The van der Waals surface area contributed by atoms with E-state index in [1.54, 1.807) is 36.1 Å². The van der Waals surface area contributed by atoms with Crippen LogP contribution in [0.25, 0.3) is 0 Å². The van der Waals surface area contributed by atoms with Crippen LogP contribution in [0.1, 0.15) is 18.1 Å². The van der Waals surface area contributed by atoms with Gasteiger partial charge in [0, 0.05) is 23.8 Å². The Morgan fingerprint density at radius 2 is 1.81 bits per heavy atom. The molecule has 1 atom stereocenters. The van der Waals surface area contributed by atoms with Gasteiger partial charge in [0.2, 0.25) is 11.8 Å². The Labute approximate surface area is 158 Å². The highest BCUT2D eigenvalue weighted by Crippen LogP contribution is 2.22. The average molecular weight is 372 g/mol. The zero-order valence-electron chi connectivity index (χ0n) is 14.7. The largest absolute Gasteiger partial charge is 0.368 e. The van der Waals surface area contributed by atoms with Crippen LogP contribution in [0.3, 0.4) is 0 Å². The molecule has 1 heterocycles. The fourth-order valence-corrected chi connectivity index (χ4v) is 3.32. The molecular formula is C20H22ClN3O2. The topological polar surface area (TPSA) is 66.6 Å². The smallest absolute Gasteiger partial charge is 0.242 e. The molecule has 2 N–H and O–H groups in total. The van der Waals surface area contributed by atoms with Crippen molar-refractivity contribution in [2.24, 2.45) is 5.73 Å². The molecule has 0 saturated heterocycles. The summed E-state index contributed by atoms with van der Waals surface area (Å²) in [5.74, 6) is -0.501. The molecule has 1 unspecified atom stereocenters. The second-order valence-electron chi connectivity index (χ2n) is 6.52. The van der Waals surface area contributed by atoms with Crippen LogP contribution in [-0.2, 0) is 22.6 Å². The number of rotatable bonds is 5. The number of primary amides is 1. The Bertz CT molecular complexity index is 807. The van der Waals surface area contributed by atoms with Crippen LogP contribution in [0.5, 0.6) is 0 Å². The number of fused-ring (bicyclic) bond motifs is 1. The Hall–Kier alpha value is -2.53. The summed E-state index contributed by atoms with van der Waals surface area (Å²) in [5.41, 5.74) is 8.69. The van der Waals surface area contributed by atoms with Crippen molar-refractivity contribution in [2.45, 2.75) is 25.9 Å². The molecule has 0 fully saturated rings. The predicted molar refractivity (Wildman–Crippen MR) is 103 cm³/mol. The Balaban J connectivity index is 1.77. The molecular weight excluding hydrogens is 350 g/mol. The van der Waals surface area contributed by atoms with Gasteiger partial charge in [0.05, 0.1) is 6.54 Å². The summed E-state index contributed by atoms with van der Waals surface area (Å²) in [5, 5.41) is 0.597. The molecule has 26 heavy (non-hydrogen) atoms. The van der Waals surface area contributed by atoms with Gasteiger partial charge >= 0.3 is 0 Å². The fraction of sp³-hybridized carbons (Fsp3) is 0.300. The number of benzene rings is 2. The minimum Gasteiger partial charge on any atom is -0.368 e. The molecule has 6 heteroatoms. The van der Waals surface area contributed by atoms with Gasteiger partial charge in [0.15, 0.2) is 0 Å². The molecule has 5 nitrogen and oxygen atoms in total. The van der Waals surface area contributed by atoms with Gasteiger partial charge in [-0.2, -0.15) is 0 Å². The van der Waals surface area contributed by atoms with Crippen molar-refractivity contribution in [3.63, 3.8) is 0 Å². The molecule has 0 saturated carbocycles. The third kappa shape index (κ3) is 3.99. The van der Waals surface area contributed by atoms with E-state index in [1.165, 1.54) is 11.1 Å². The van der Waals surface area contributed by atoms with E-state index >= 15 is 0 Å². The van der Waals surface area contributed by atoms with Crippen LogP contribution in [0.2, 0.25) is 5.02 Å². The number of hydrogen-bond acceptors (Lipinski definition) is 3. The average Bonchev–Trinajstić information content (AvgIpc) is 2.65. The molecule has 2 aromatic rings. The van der Waals surface area contributed by atoms with Crippen molar-refractivity contribution >= 4 is 29.1 Å². The highest BCUT2D eigenvalue weighted by Gasteiger charge is 2.26. The number of anilines is 1. The minimum absolute atomic E-state index is 0.0254. The number of nitrogens with two attached hydrogens (primary N) is 1. The Kier molecular flexibility index (Phi) is 5.47. The van der Waals surface area contributed by atoms with E-state index in [0.29, 0.717) is 18.1 Å². The van der Waals surface area contributed by atoms with Crippen molar-refractivity contribution in [2.75, 3.05) is 18.0 Å². The molecule has 0 aromatic heterocycles. The SMILES string of the molecule is CC(C(N)=O)N(CC(=O)N1CCc2ccccc2C1)c1ccc(Cl)cc1. The summed E-state index contributed by atoms with van der Waals surface area (Å²) in [6, 6.07) is 14.6. The predicted octanol–water partition coefficient (Wildman–Crippen LogP) is 2.61. The highest BCUT2D eigenvalue weighted by atomic mass is 35.5. The first-order valence-corrected chi connectivity index (χ1v) is 8.99. The van der Waals surface area contributed by atoms with Gasteiger partial charge in [-0.15, -0.1) is 0 Å². The van der Waals surface area contributed by atoms with E-state index in [2.05, 4.69) is 12.1 Å². The van der Waals surface area contributed by atoms with Crippen LogP contribution in [-0.4, -0.2) is 35.8 Å². The van der Waals surface area contributed by atoms with Crippen LogP contribution < -0.4 is 10.6 Å². The van der Waals surface area contributed by atoms with Gasteiger partial charge in [-0.3, -0.25) is 9.59 Å². The highest BCUT2D eigenvalue weighted by molar-refractivity contribution is 6.30. The summed E-state index contributed by atoms with van der Waals surface area (Å²) < 4.78 is 0. The summed E-state index contributed by atoms with van der Waals surface area (Å²) >= 11 is 5.95. The summed E-state index contributed by atoms with van der Waals surface area (Å²) in [6.45, 7) is 3.06. The normalized spacial score (nSPS) is 14.5. The third-order valence-corrected chi connectivity index (χ3v) is 5.08. The molecule has 2 aromatic carbocycles. The number of halogens is 1. The molecule has 136 valence electrons. The maximum absolute atomic E-state index is 12.9. The lowest BCUT2D eigenvalue weighted by atomic mass is 10.00. The zero-order valence-corrected chi connectivity index (χ0v) is 15.4. The first-order chi connectivity index (χ1) is 12.5. The number of carbonyl (C=O) groups is 2. The molecule has 2 amide bonds. The summed E-state index contributed by atoms with van der Waals surface area (Å²) in [4.78, 5) is 28.2. The molecule has 0 aliphatic carbocycles. The second kappa shape index (κ2) is 7.79. The first-order valence-electron chi connectivity index (χ1n) is 8.62. The van der Waals surface area contributed by atoms with Gasteiger partial charge in [-0.1, -0.05) is 35.9 Å². The van der Waals surface area contributed by atoms with E-state index < -0.39 is 11.9 Å². The number of amides is 2. The van der Waals surface area contributed by atoms with E-state index in [9.17, 15) is 9.59 Å². The van der Waals surface area contributed by atoms with E-state index in [-0.39, 0.29) is 12.5 Å². The second-order valence-corrected chi connectivity index (χ2v) is 6.95. The summed E-state index contributed by atoms with van der Waals surface area (Å²) in [7, 11) is 0. The molecule has 0 radical (unpaired) electrons. The lowest BCUT2D eigenvalue weighted by Crippen LogP contribution is -2.49. The Morgan fingerprint density at radius 3 is 2.46 bits per heavy atom. The maximum Gasteiger partial charge on any atom is 0.242 e. The van der Waals surface area contributed by atoms with Crippen LogP contribution in [0.4, 0.5) is 5.69 Å². The van der Waals surface area contributed by atoms with Gasteiger partial charge in [0.1, 0.15) is 6.04 Å². The number of nitrogens with zero attached hydrogens (tertiary/aromatic N) is 2. The fourth-order valence-electron chi connectivity index (χ4n) is 3.19. The van der Waals surface area contributed by atoms with Gasteiger partial charge in [-0.05, 0) is 48.7 Å². The maximum atomic E-state index is 12.9. The van der Waals surface area contributed by atoms with Gasteiger partial charge in [-0.25, -0.2) is 0 Å². The molecule has 3 rings (SSSR count). The van der Waals surface area contributed by atoms with E-state index in [4.69, 9.17) is 17.3 Å². The standard InChI is InChI=1S/C20H22ClN3O2/c1-14(20(22)26)24(18-8-6-17(21)7-9-18)13-19(25)23-11-10-15-4-2-3-5-16(15)12-23/h2-9,14H,10-13H2,1H3,(H2,22,26). The van der Waals surface area contributed by atoms with Crippen molar-refractivity contribution in [1.29, 1.82) is 0 Å². The van der Waals surface area contributed by atoms with Crippen LogP contribution in [0, 0.1) is 0 Å². The lowest BCUT2D eigenvalue weighted by molar-refractivity contribution is -0.130. The molecule has 0 spiro atoms. The van der Waals surface area contributed by atoms with Crippen molar-refractivity contribution in [1.82, 2.24) is 4.90 Å². The summed E-state index contributed by atoms with van der Waals surface area (Å²) in [6.07, 6.45) is 0.841. The van der Waals surface area contributed by atoms with Crippen LogP contribution >= 0.6 is 11.6 Å². The molecule has 1 aliphatic rings. The van der Waals surface area contributed by atoms with Gasteiger partial charge in [0.25, 0.3) is 0 Å². The van der Waals surface area contributed by atoms with Crippen molar-refractivity contribution in [3.05, 3.63) is 64.7 Å². The third-order valence-electron chi connectivity index (χ3n) is 4.83. The minimum atomic E-state index is -0.600. The monoisotopic (exact) mass is 371 g/mol. The molecule has 1 aliphatic heterocycles. The van der Waals surface area contributed by atoms with Crippen molar-refractivity contribution < 1.29 is 9.59 Å². The quantitative estimate of drug-likeness (QED) is 0.878. The van der Waals surface area contributed by atoms with Gasteiger partial charge < -0.3 is 15.5 Å².